The van der Waals surface area contributed by atoms with Gasteiger partial charge in [0.05, 0.1) is 0 Å². The standard InChI is InChI=1S/C27H35N3O3/c1-17-5-12-24(26(31)28-17)30-16-20-13-21(10-11-22(20)27(30)32)33-25-4-2-3-23(25)29(14-18-6-7-18)15-19-8-9-19/h10-11,13,18-19,23-25H,1-9,12,14-16H2,(H,28,31)/t23-,24?,25+/m0/s1. The van der Waals surface area contributed by atoms with Gasteiger partial charge in [-0.1, -0.05) is 6.58 Å². The van der Waals surface area contributed by atoms with E-state index < -0.39 is 6.04 Å². The first-order valence-corrected chi connectivity index (χ1v) is 12.9. The van der Waals surface area contributed by atoms with Crippen molar-refractivity contribution in [2.75, 3.05) is 13.1 Å². The zero-order valence-electron chi connectivity index (χ0n) is 19.4. The third kappa shape index (κ3) is 4.42. The first kappa shape index (κ1) is 21.2. The van der Waals surface area contributed by atoms with Gasteiger partial charge in [0.2, 0.25) is 5.91 Å². The van der Waals surface area contributed by atoms with Crippen LogP contribution in [-0.4, -0.2) is 52.9 Å². The summed E-state index contributed by atoms with van der Waals surface area (Å²) in [6.45, 7) is 6.80. The Kier molecular flexibility index (Phi) is 5.44. The molecule has 5 aliphatic rings. The Morgan fingerprint density at radius 1 is 1.03 bits per heavy atom. The molecule has 0 radical (unpaired) electrons. The molecule has 3 aliphatic carbocycles. The fourth-order valence-electron chi connectivity index (χ4n) is 5.95. The number of fused-ring (bicyclic) bond motifs is 1. The average molecular weight is 450 g/mol. The summed E-state index contributed by atoms with van der Waals surface area (Å²) >= 11 is 0. The average Bonchev–Trinajstić information content (AvgIpc) is 3.71. The molecule has 2 aliphatic heterocycles. The van der Waals surface area contributed by atoms with Crippen molar-refractivity contribution in [2.24, 2.45) is 11.8 Å². The Morgan fingerprint density at radius 2 is 1.79 bits per heavy atom. The van der Waals surface area contributed by atoms with Gasteiger partial charge >= 0.3 is 0 Å². The molecule has 1 N–H and O–H groups in total. The summed E-state index contributed by atoms with van der Waals surface area (Å²) in [4.78, 5) is 29.9. The zero-order valence-corrected chi connectivity index (χ0v) is 19.4. The Morgan fingerprint density at radius 3 is 2.48 bits per heavy atom. The van der Waals surface area contributed by atoms with Crippen LogP contribution in [0.1, 0.15) is 73.7 Å². The van der Waals surface area contributed by atoms with Gasteiger partial charge in [-0.15, -0.1) is 0 Å². The highest BCUT2D eigenvalue weighted by Crippen LogP contribution is 2.38. The minimum Gasteiger partial charge on any atom is -0.489 e. The predicted molar refractivity (Wildman–Crippen MR) is 126 cm³/mol. The minimum absolute atomic E-state index is 0.0528. The summed E-state index contributed by atoms with van der Waals surface area (Å²) in [6.07, 6.45) is 10.7. The van der Waals surface area contributed by atoms with Crippen LogP contribution in [0, 0.1) is 11.8 Å². The van der Waals surface area contributed by atoms with Crippen molar-refractivity contribution in [1.82, 2.24) is 15.1 Å². The number of allylic oxidation sites excluding steroid dienone is 1. The van der Waals surface area contributed by atoms with Crippen LogP contribution >= 0.6 is 0 Å². The Balaban J connectivity index is 1.14. The summed E-state index contributed by atoms with van der Waals surface area (Å²) in [6, 6.07) is 5.97. The van der Waals surface area contributed by atoms with Crippen LogP contribution in [0.4, 0.5) is 0 Å². The largest absolute Gasteiger partial charge is 0.489 e. The summed E-state index contributed by atoms with van der Waals surface area (Å²) in [5.41, 5.74) is 2.41. The SMILES string of the molecule is C=C1CCC(N2Cc3cc(O[C@@H]4CCC[C@@H]4N(CC4CC4)CC4CC4)ccc3C2=O)C(=O)N1. The second-order valence-corrected chi connectivity index (χ2v) is 10.9. The van der Waals surface area contributed by atoms with Gasteiger partial charge in [0.1, 0.15) is 17.9 Å². The fraction of sp³-hybridized carbons (Fsp3) is 0.630. The van der Waals surface area contributed by atoms with Crippen molar-refractivity contribution in [2.45, 2.75) is 82.5 Å². The number of rotatable bonds is 8. The predicted octanol–water partition coefficient (Wildman–Crippen LogP) is 3.86. The molecular weight excluding hydrogens is 414 g/mol. The summed E-state index contributed by atoms with van der Waals surface area (Å²) < 4.78 is 6.59. The highest BCUT2D eigenvalue weighted by molar-refractivity contribution is 6.01. The van der Waals surface area contributed by atoms with Gasteiger partial charge in [0.25, 0.3) is 5.91 Å². The molecule has 3 saturated carbocycles. The van der Waals surface area contributed by atoms with Crippen molar-refractivity contribution in [1.29, 1.82) is 0 Å². The number of hydrogen-bond acceptors (Lipinski definition) is 4. The molecule has 1 aromatic carbocycles. The van der Waals surface area contributed by atoms with Crippen LogP contribution in [0.2, 0.25) is 0 Å². The van der Waals surface area contributed by atoms with Crippen LogP contribution in [0.25, 0.3) is 0 Å². The highest BCUT2D eigenvalue weighted by atomic mass is 16.5. The lowest BCUT2D eigenvalue weighted by atomic mass is 10.0. The van der Waals surface area contributed by atoms with Crippen LogP contribution in [-0.2, 0) is 11.3 Å². The van der Waals surface area contributed by atoms with Crippen LogP contribution in [0.5, 0.6) is 5.75 Å². The molecule has 1 saturated heterocycles. The Labute approximate surface area is 196 Å². The van der Waals surface area contributed by atoms with Gasteiger partial charge < -0.3 is 15.0 Å². The molecule has 6 rings (SSSR count). The number of piperidine rings is 1. The van der Waals surface area contributed by atoms with E-state index in [9.17, 15) is 9.59 Å². The first-order valence-electron chi connectivity index (χ1n) is 12.9. The van der Waals surface area contributed by atoms with E-state index in [0.717, 1.165) is 35.3 Å². The van der Waals surface area contributed by atoms with E-state index >= 15 is 0 Å². The second-order valence-electron chi connectivity index (χ2n) is 10.9. The Bertz CT molecular complexity index is 953. The van der Waals surface area contributed by atoms with Gasteiger partial charge in [-0.05, 0) is 93.4 Å². The topological polar surface area (TPSA) is 61.9 Å². The summed E-state index contributed by atoms with van der Waals surface area (Å²) in [5.74, 6) is 2.49. The molecule has 1 aromatic rings. The van der Waals surface area contributed by atoms with E-state index in [2.05, 4.69) is 16.8 Å². The highest BCUT2D eigenvalue weighted by Gasteiger charge is 2.40. The van der Waals surface area contributed by atoms with Gasteiger partial charge in [-0.25, -0.2) is 0 Å². The van der Waals surface area contributed by atoms with Crippen molar-refractivity contribution in [3.05, 3.63) is 41.6 Å². The van der Waals surface area contributed by atoms with E-state index in [-0.39, 0.29) is 17.9 Å². The maximum absolute atomic E-state index is 13.0. The maximum Gasteiger partial charge on any atom is 0.255 e. The number of carbonyl (C=O) groups is 2. The molecule has 6 heteroatoms. The number of carbonyl (C=O) groups excluding carboxylic acids is 2. The van der Waals surface area contributed by atoms with Crippen molar-refractivity contribution in [3.8, 4) is 5.75 Å². The molecule has 0 spiro atoms. The van der Waals surface area contributed by atoms with Crippen LogP contribution < -0.4 is 10.1 Å². The van der Waals surface area contributed by atoms with Gasteiger partial charge in [0.15, 0.2) is 0 Å². The molecule has 0 aromatic heterocycles. The van der Waals surface area contributed by atoms with Crippen molar-refractivity contribution in [3.63, 3.8) is 0 Å². The van der Waals surface area contributed by atoms with Crippen LogP contribution in [0.3, 0.4) is 0 Å². The molecule has 33 heavy (non-hydrogen) atoms. The van der Waals surface area contributed by atoms with Gasteiger partial charge in [-0.2, -0.15) is 0 Å². The molecule has 1 unspecified atom stereocenters. The van der Waals surface area contributed by atoms with E-state index in [4.69, 9.17) is 4.74 Å². The number of ether oxygens (including phenoxy) is 1. The lowest BCUT2D eigenvalue weighted by molar-refractivity contribution is -0.126. The molecule has 176 valence electrons. The molecule has 2 heterocycles. The molecule has 0 bridgehead atoms. The van der Waals surface area contributed by atoms with E-state index in [1.807, 2.05) is 18.2 Å². The molecule has 4 fully saturated rings. The fourth-order valence-corrected chi connectivity index (χ4v) is 5.95. The second kappa shape index (κ2) is 8.46. The molecule has 6 nitrogen and oxygen atoms in total. The number of hydrogen-bond donors (Lipinski definition) is 1. The Hall–Kier alpha value is -2.34. The zero-order chi connectivity index (χ0) is 22.5. The van der Waals surface area contributed by atoms with E-state index in [0.29, 0.717) is 31.0 Å². The third-order valence-electron chi connectivity index (χ3n) is 8.16. The number of benzene rings is 1. The van der Waals surface area contributed by atoms with E-state index in [1.54, 1.807) is 4.90 Å². The smallest absolute Gasteiger partial charge is 0.255 e. The number of nitrogens with one attached hydrogen (secondary N) is 1. The number of nitrogens with zero attached hydrogens (tertiary/aromatic N) is 2. The van der Waals surface area contributed by atoms with Crippen molar-refractivity contribution < 1.29 is 14.3 Å². The lowest BCUT2D eigenvalue weighted by Crippen LogP contribution is -2.49. The summed E-state index contributed by atoms with van der Waals surface area (Å²) in [7, 11) is 0. The van der Waals surface area contributed by atoms with Crippen molar-refractivity contribution >= 4 is 11.8 Å². The lowest BCUT2D eigenvalue weighted by Gasteiger charge is -2.33. The van der Waals surface area contributed by atoms with Crippen LogP contribution in [0.15, 0.2) is 30.5 Å². The normalized spacial score (nSPS) is 29.5. The van der Waals surface area contributed by atoms with Gasteiger partial charge in [-0.3, -0.25) is 14.5 Å². The monoisotopic (exact) mass is 449 g/mol. The maximum atomic E-state index is 13.0. The number of amides is 2. The molecular formula is C27H35N3O3. The third-order valence-corrected chi connectivity index (χ3v) is 8.16. The van der Waals surface area contributed by atoms with E-state index in [1.165, 1.54) is 51.6 Å². The minimum atomic E-state index is -0.419. The first-order chi connectivity index (χ1) is 16.0. The quantitative estimate of drug-likeness (QED) is 0.655. The molecule has 3 atom stereocenters. The molecule has 2 amide bonds. The van der Waals surface area contributed by atoms with Gasteiger partial charge in [0, 0.05) is 36.9 Å². The summed E-state index contributed by atoms with van der Waals surface area (Å²) in [5, 5.41) is 2.81.